The minimum atomic E-state index is -0.305. The number of ether oxygens (including phenoxy) is 2. The molecule has 1 amide bonds. The average Bonchev–Trinajstić information content (AvgIpc) is 2.47. The number of hydrogen-bond acceptors (Lipinski definition) is 3. The molecule has 0 aromatic heterocycles. The highest BCUT2D eigenvalue weighted by Crippen LogP contribution is 2.27. The van der Waals surface area contributed by atoms with Gasteiger partial charge in [-0.15, -0.1) is 0 Å². The van der Waals surface area contributed by atoms with Gasteiger partial charge in [-0.25, -0.2) is 4.79 Å². The van der Waals surface area contributed by atoms with Crippen LogP contribution >= 0.6 is 0 Å². The molecule has 20 heavy (non-hydrogen) atoms. The molecule has 1 aromatic rings. The second-order valence-electron chi connectivity index (χ2n) is 4.48. The molecule has 1 aromatic carbocycles. The van der Waals surface area contributed by atoms with Gasteiger partial charge in [-0.2, -0.15) is 0 Å². The number of amides is 1. The van der Waals surface area contributed by atoms with Crippen molar-refractivity contribution in [1.29, 1.82) is 0 Å². The largest absolute Gasteiger partial charge is 0.449 e. The van der Waals surface area contributed by atoms with Crippen molar-refractivity contribution in [3.63, 3.8) is 0 Å². The van der Waals surface area contributed by atoms with Gasteiger partial charge in [0.25, 0.3) is 0 Å². The van der Waals surface area contributed by atoms with Gasteiger partial charge in [-0.3, -0.25) is 4.90 Å². The van der Waals surface area contributed by atoms with E-state index in [2.05, 4.69) is 26.0 Å². The molecule has 0 bridgehead atoms. The first-order valence-electron chi connectivity index (χ1n) is 7.23. The Bertz CT molecular complexity index is 409. The lowest BCUT2D eigenvalue weighted by molar-refractivity contribution is 0.154. The highest BCUT2D eigenvalue weighted by atomic mass is 16.6. The molecule has 0 aliphatic carbocycles. The quantitative estimate of drug-likeness (QED) is 0.767. The molecule has 4 heteroatoms. The number of carbonyl (C=O) groups is 1. The number of nitrogens with zero attached hydrogens (tertiary/aromatic N) is 1. The van der Waals surface area contributed by atoms with Crippen LogP contribution in [0, 0.1) is 0 Å². The lowest BCUT2D eigenvalue weighted by Gasteiger charge is -2.26. The summed E-state index contributed by atoms with van der Waals surface area (Å²) in [5.41, 5.74) is 3.30. The summed E-state index contributed by atoms with van der Waals surface area (Å²) in [6.07, 6.45) is 1.46. The van der Waals surface area contributed by atoms with Crippen LogP contribution in [-0.4, -0.2) is 33.0 Å². The summed E-state index contributed by atoms with van der Waals surface area (Å²) < 4.78 is 10.3. The molecule has 0 unspecified atom stereocenters. The van der Waals surface area contributed by atoms with E-state index in [1.807, 2.05) is 13.0 Å². The summed E-state index contributed by atoms with van der Waals surface area (Å²) >= 11 is 0. The maximum Gasteiger partial charge on any atom is 0.414 e. The van der Waals surface area contributed by atoms with Crippen molar-refractivity contribution >= 4 is 11.8 Å². The lowest BCUT2D eigenvalue weighted by atomic mass is 10.0. The van der Waals surface area contributed by atoms with Crippen LogP contribution in [0.5, 0.6) is 0 Å². The molecular weight excluding hydrogens is 254 g/mol. The summed E-state index contributed by atoms with van der Waals surface area (Å²) in [4.78, 5) is 13.9. The summed E-state index contributed by atoms with van der Waals surface area (Å²) in [5.74, 6) is 0. The Morgan fingerprint density at radius 3 is 2.20 bits per heavy atom. The fraction of sp³-hybridized carbons (Fsp3) is 0.562. The zero-order valence-corrected chi connectivity index (χ0v) is 12.9. The maximum absolute atomic E-state index is 12.2. The van der Waals surface area contributed by atoms with E-state index in [1.165, 1.54) is 0 Å². The van der Waals surface area contributed by atoms with Crippen LogP contribution in [0.3, 0.4) is 0 Å². The van der Waals surface area contributed by atoms with Crippen LogP contribution in [0.25, 0.3) is 0 Å². The molecule has 0 spiro atoms. The van der Waals surface area contributed by atoms with Gasteiger partial charge in [-0.05, 0) is 30.9 Å². The lowest BCUT2D eigenvalue weighted by Crippen LogP contribution is -2.36. The Labute approximate surface area is 121 Å². The second-order valence-corrected chi connectivity index (χ2v) is 4.48. The number of rotatable bonds is 7. The zero-order valence-electron chi connectivity index (χ0n) is 12.9. The molecule has 4 nitrogen and oxygen atoms in total. The van der Waals surface area contributed by atoms with E-state index in [0.29, 0.717) is 19.8 Å². The molecule has 0 heterocycles. The fourth-order valence-corrected chi connectivity index (χ4v) is 2.24. The SMILES string of the molecule is CCOC(=O)N(CCOC)c1c(CC)cccc1CC. The number of carbonyl (C=O) groups excluding carboxylic acids is 1. The molecule has 0 N–H and O–H groups in total. The molecule has 0 aliphatic heterocycles. The number of hydrogen-bond donors (Lipinski definition) is 0. The molecule has 0 radical (unpaired) electrons. The van der Waals surface area contributed by atoms with Gasteiger partial charge < -0.3 is 9.47 Å². The van der Waals surface area contributed by atoms with Crippen LogP contribution in [-0.2, 0) is 22.3 Å². The van der Waals surface area contributed by atoms with Gasteiger partial charge in [0.15, 0.2) is 0 Å². The number of para-hydroxylation sites is 1. The van der Waals surface area contributed by atoms with Crippen LogP contribution in [0.2, 0.25) is 0 Å². The smallest absolute Gasteiger partial charge is 0.414 e. The van der Waals surface area contributed by atoms with E-state index in [1.54, 1.807) is 12.0 Å². The van der Waals surface area contributed by atoms with Gasteiger partial charge in [0.05, 0.1) is 25.4 Å². The normalized spacial score (nSPS) is 10.4. The van der Waals surface area contributed by atoms with Crippen molar-refractivity contribution in [3.8, 4) is 0 Å². The average molecular weight is 279 g/mol. The third kappa shape index (κ3) is 3.97. The van der Waals surface area contributed by atoms with Crippen molar-refractivity contribution in [3.05, 3.63) is 29.3 Å². The van der Waals surface area contributed by atoms with Crippen molar-refractivity contribution in [2.24, 2.45) is 0 Å². The van der Waals surface area contributed by atoms with E-state index in [4.69, 9.17) is 9.47 Å². The Morgan fingerprint density at radius 2 is 1.75 bits per heavy atom. The number of anilines is 1. The molecule has 0 aliphatic rings. The first-order valence-corrected chi connectivity index (χ1v) is 7.23. The van der Waals surface area contributed by atoms with Crippen LogP contribution in [0.15, 0.2) is 18.2 Å². The van der Waals surface area contributed by atoms with Crippen molar-refractivity contribution in [1.82, 2.24) is 0 Å². The van der Waals surface area contributed by atoms with E-state index < -0.39 is 0 Å². The zero-order chi connectivity index (χ0) is 15.0. The maximum atomic E-state index is 12.2. The van der Waals surface area contributed by atoms with Gasteiger partial charge in [0.1, 0.15) is 0 Å². The standard InChI is InChI=1S/C16H25NO3/c1-5-13-9-8-10-14(6-2)15(13)17(11-12-19-4)16(18)20-7-3/h8-10H,5-7,11-12H2,1-4H3. The predicted octanol–water partition coefficient (Wildman–Crippen LogP) is 3.42. The molecule has 112 valence electrons. The molecule has 1 rings (SSSR count). The molecule has 0 fully saturated rings. The van der Waals surface area contributed by atoms with Crippen molar-refractivity contribution in [2.75, 3.05) is 31.8 Å². The van der Waals surface area contributed by atoms with E-state index >= 15 is 0 Å². The summed E-state index contributed by atoms with van der Waals surface area (Å²) in [7, 11) is 1.63. The Morgan fingerprint density at radius 1 is 1.15 bits per heavy atom. The Hall–Kier alpha value is -1.55. The van der Waals surface area contributed by atoms with Crippen LogP contribution in [0.1, 0.15) is 31.9 Å². The number of aryl methyl sites for hydroxylation is 2. The molecular formula is C16H25NO3. The van der Waals surface area contributed by atoms with Gasteiger partial charge in [0, 0.05) is 7.11 Å². The first kappa shape index (κ1) is 16.5. The predicted molar refractivity (Wildman–Crippen MR) is 81.4 cm³/mol. The van der Waals surface area contributed by atoms with Crippen molar-refractivity contribution < 1.29 is 14.3 Å². The highest BCUT2D eigenvalue weighted by molar-refractivity contribution is 5.89. The fourth-order valence-electron chi connectivity index (χ4n) is 2.24. The minimum absolute atomic E-state index is 0.305. The third-order valence-electron chi connectivity index (χ3n) is 3.24. The summed E-state index contributed by atoms with van der Waals surface area (Å²) in [6.45, 7) is 7.37. The van der Waals surface area contributed by atoms with Crippen LogP contribution < -0.4 is 4.90 Å². The van der Waals surface area contributed by atoms with Crippen LogP contribution in [0.4, 0.5) is 10.5 Å². The Kier molecular flexibility index (Phi) is 7.09. The number of methoxy groups -OCH3 is 1. The highest BCUT2D eigenvalue weighted by Gasteiger charge is 2.21. The Balaban J connectivity index is 3.20. The summed E-state index contributed by atoms with van der Waals surface area (Å²) in [6, 6.07) is 6.17. The topological polar surface area (TPSA) is 38.8 Å². The van der Waals surface area contributed by atoms with E-state index in [0.717, 1.165) is 29.7 Å². The van der Waals surface area contributed by atoms with E-state index in [-0.39, 0.29) is 6.09 Å². The molecule has 0 atom stereocenters. The van der Waals surface area contributed by atoms with Gasteiger partial charge in [-0.1, -0.05) is 32.0 Å². The van der Waals surface area contributed by atoms with Crippen molar-refractivity contribution in [2.45, 2.75) is 33.6 Å². The third-order valence-corrected chi connectivity index (χ3v) is 3.24. The van der Waals surface area contributed by atoms with E-state index in [9.17, 15) is 4.79 Å². The molecule has 0 saturated heterocycles. The molecule has 0 saturated carbocycles. The van der Waals surface area contributed by atoms with Gasteiger partial charge in [0.2, 0.25) is 0 Å². The number of benzene rings is 1. The minimum Gasteiger partial charge on any atom is -0.449 e. The van der Waals surface area contributed by atoms with Gasteiger partial charge >= 0.3 is 6.09 Å². The monoisotopic (exact) mass is 279 g/mol. The summed E-state index contributed by atoms with van der Waals surface area (Å²) in [5, 5.41) is 0. The second kappa shape index (κ2) is 8.59. The first-order chi connectivity index (χ1) is 9.69.